The molecule has 2 aromatic carbocycles. The summed E-state index contributed by atoms with van der Waals surface area (Å²) in [6.45, 7) is 1.78. The van der Waals surface area contributed by atoms with Crippen LogP contribution in [0.1, 0.15) is 21.5 Å². The summed E-state index contributed by atoms with van der Waals surface area (Å²) in [6, 6.07) is 9.61. The second-order valence-electron chi connectivity index (χ2n) is 4.45. The number of rotatable bonds is 4. The average molecular weight is 274 g/mol. The van der Waals surface area contributed by atoms with Crippen molar-refractivity contribution in [1.29, 1.82) is 0 Å². The lowest BCUT2D eigenvalue weighted by molar-refractivity contribution is 0.100. The Morgan fingerprint density at radius 1 is 1.30 bits per heavy atom. The minimum absolute atomic E-state index is 0.116. The van der Waals surface area contributed by atoms with E-state index in [1.165, 1.54) is 6.07 Å². The van der Waals surface area contributed by atoms with E-state index < -0.39 is 5.91 Å². The number of halogens is 1. The van der Waals surface area contributed by atoms with Crippen LogP contribution in [0.25, 0.3) is 0 Å². The van der Waals surface area contributed by atoms with Gasteiger partial charge in [-0.1, -0.05) is 18.2 Å². The van der Waals surface area contributed by atoms with Gasteiger partial charge in [0.2, 0.25) is 5.91 Å². The molecule has 4 nitrogen and oxygen atoms in total. The number of hydrogen-bond donors (Lipinski definition) is 2. The monoisotopic (exact) mass is 274 g/mol. The maximum atomic E-state index is 13.8. The van der Waals surface area contributed by atoms with Crippen molar-refractivity contribution in [1.82, 2.24) is 0 Å². The average Bonchev–Trinajstić information content (AvgIpc) is 2.41. The van der Waals surface area contributed by atoms with E-state index in [9.17, 15) is 9.18 Å². The van der Waals surface area contributed by atoms with Gasteiger partial charge in [-0.25, -0.2) is 4.39 Å². The fourth-order valence-corrected chi connectivity index (χ4v) is 1.77. The normalized spacial score (nSPS) is 10.3. The first kappa shape index (κ1) is 13.9. The summed E-state index contributed by atoms with van der Waals surface area (Å²) in [5.41, 5.74) is 12.9. The van der Waals surface area contributed by atoms with Gasteiger partial charge in [0.05, 0.1) is 0 Å². The predicted molar refractivity (Wildman–Crippen MR) is 74.8 cm³/mol. The Hall–Kier alpha value is -2.56. The van der Waals surface area contributed by atoms with Gasteiger partial charge in [0, 0.05) is 16.8 Å². The number of primary amides is 1. The first-order valence-corrected chi connectivity index (χ1v) is 6.05. The molecule has 1 amide bonds. The Labute approximate surface area is 116 Å². The van der Waals surface area contributed by atoms with Crippen molar-refractivity contribution in [3.8, 4) is 5.75 Å². The third kappa shape index (κ3) is 2.88. The number of benzene rings is 2. The molecule has 0 aliphatic heterocycles. The van der Waals surface area contributed by atoms with Crippen molar-refractivity contribution in [3.05, 3.63) is 58.9 Å². The maximum Gasteiger partial charge on any atom is 0.248 e. The van der Waals surface area contributed by atoms with E-state index in [0.717, 1.165) is 0 Å². The zero-order chi connectivity index (χ0) is 14.7. The molecule has 0 bridgehead atoms. The smallest absolute Gasteiger partial charge is 0.248 e. The summed E-state index contributed by atoms with van der Waals surface area (Å²) in [7, 11) is 0. The topological polar surface area (TPSA) is 78.3 Å². The Morgan fingerprint density at radius 3 is 2.70 bits per heavy atom. The predicted octanol–water partition coefficient (Wildman–Crippen LogP) is 2.39. The van der Waals surface area contributed by atoms with Crippen LogP contribution < -0.4 is 16.2 Å². The van der Waals surface area contributed by atoms with Gasteiger partial charge in [0.25, 0.3) is 0 Å². The lowest BCUT2D eigenvalue weighted by Crippen LogP contribution is -2.12. The van der Waals surface area contributed by atoms with Crippen LogP contribution in [0.5, 0.6) is 5.75 Å². The molecule has 0 radical (unpaired) electrons. The summed E-state index contributed by atoms with van der Waals surface area (Å²) in [4.78, 5) is 11.0. The Kier molecular flexibility index (Phi) is 3.89. The van der Waals surface area contributed by atoms with Crippen molar-refractivity contribution in [3.63, 3.8) is 0 Å². The SMILES string of the molecule is Cc1cccc(OCc2ccc(C(N)=O)cc2N)c1F. The molecule has 2 rings (SSSR count). The van der Waals surface area contributed by atoms with Crippen LogP contribution >= 0.6 is 0 Å². The van der Waals surface area contributed by atoms with Crippen molar-refractivity contribution >= 4 is 11.6 Å². The third-order valence-corrected chi connectivity index (χ3v) is 2.97. The van der Waals surface area contributed by atoms with Crippen LogP contribution in [0.4, 0.5) is 10.1 Å². The maximum absolute atomic E-state index is 13.8. The molecular weight excluding hydrogens is 259 g/mol. The van der Waals surface area contributed by atoms with E-state index in [-0.39, 0.29) is 18.2 Å². The largest absolute Gasteiger partial charge is 0.486 e. The highest BCUT2D eigenvalue weighted by atomic mass is 19.1. The van der Waals surface area contributed by atoms with E-state index in [0.29, 0.717) is 22.4 Å². The number of nitrogen functional groups attached to an aromatic ring is 1. The minimum Gasteiger partial charge on any atom is -0.486 e. The second-order valence-corrected chi connectivity index (χ2v) is 4.45. The molecule has 104 valence electrons. The van der Waals surface area contributed by atoms with E-state index in [1.807, 2.05) is 0 Å². The van der Waals surface area contributed by atoms with E-state index in [1.54, 1.807) is 37.3 Å². The van der Waals surface area contributed by atoms with Crippen LogP contribution in [0.3, 0.4) is 0 Å². The molecule has 2 aromatic rings. The van der Waals surface area contributed by atoms with Gasteiger partial charge in [0.15, 0.2) is 11.6 Å². The van der Waals surface area contributed by atoms with Gasteiger partial charge in [-0.05, 0) is 30.7 Å². The fraction of sp³-hybridized carbons (Fsp3) is 0.133. The molecular formula is C15H15FN2O2. The summed E-state index contributed by atoms with van der Waals surface area (Å²) < 4.78 is 19.2. The van der Waals surface area contributed by atoms with Crippen molar-refractivity contribution in [2.24, 2.45) is 5.73 Å². The number of amides is 1. The molecule has 0 aromatic heterocycles. The molecule has 5 heteroatoms. The van der Waals surface area contributed by atoms with E-state index >= 15 is 0 Å². The molecule has 4 N–H and O–H groups in total. The highest BCUT2D eigenvalue weighted by molar-refractivity contribution is 5.93. The molecule has 0 spiro atoms. The van der Waals surface area contributed by atoms with Crippen LogP contribution in [0, 0.1) is 12.7 Å². The van der Waals surface area contributed by atoms with Crippen LogP contribution in [0.15, 0.2) is 36.4 Å². The summed E-state index contributed by atoms with van der Waals surface area (Å²) >= 11 is 0. The number of carbonyl (C=O) groups is 1. The standard InChI is InChI=1S/C15H15FN2O2/c1-9-3-2-4-13(14(9)16)20-8-11-6-5-10(15(18)19)7-12(11)17/h2-7H,8,17H2,1H3,(H2,18,19). The van der Waals surface area contributed by atoms with E-state index in [4.69, 9.17) is 16.2 Å². The number of ether oxygens (including phenoxy) is 1. The van der Waals surface area contributed by atoms with Gasteiger partial charge in [-0.3, -0.25) is 4.79 Å². The van der Waals surface area contributed by atoms with Crippen LogP contribution in [-0.4, -0.2) is 5.91 Å². The Morgan fingerprint density at radius 2 is 2.05 bits per heavy atom. The highest BCUT2D eigenvalue weighted by Gasteiger charge is 2.08. The third-order valence-electron chi connectivity index (χ3n) is 2.97. The fourth-order valence-electron chi connectivity index (χ4n) is 1.77. The van der Waals surface area contributed by atoms with Gasteiger partial charge < -0.3 is 16.2 Å². The quantitative estimate of drug-likeness (QED) is 0.840. The first-order valence-electron chi connectivity index (χ1n) is 6.05. The minimum atomic E-state index is -0.547. The van der Waals surface area contributed by atoms with Gasteiger partial charge >= 0.3 is 0 Å². The second kappa shape index (κ2) is 5.61. The highest BCUT2D eigenvalue weighted by Crippen LogP contribution is 2.22. The molecule has 0 saturated carbocycles. The number of aryl methyl sites for hydroxylation is 1. The van der Waals surface area contributed by atoms with Crippen molar-refractivity contribution < 1.29 is 13.9 Å². The van der Waals surface area contributed by atoms with Crippen LogP contribution in [-0.2, 0) is 6.61 Å². The molecule has 20 heavy (non-hydrogen) atoms. The molecule has 0 saturated heterocycles. The van der Waals surface area contributed by atoms with Crippen molar-refractivity contribution in [2.45, 2.75) is 13.5 Å². The number of carbonyl (C=O) groups excluding carboxylic acids is 1. The zero-order valence-electron chi connectivity index (χ0n) is 11.0. The van der Waals surface area contributed by atoms with Crippen LogP contribution in [0.2, 0.25) is 0 Å². The molecule has 0 atom stereocenters. The molecule has 0 aliphatic carbocycles. The number of hydrogen-bond acceptors (Lipinski definition) is 3. The van der Waals surface area contributed by atoms with Gasteiger partial charge in [-0.2, -0.15) is 0 Å². The molecule has 0 aliphatic rings. The summed E-state index contributed by atoms with van der Waals surface area (Å²) in [6.07, 6.45) is 0. The Balaban J connectivity index is 2.15. The lowest BCUT2D eigenvalue weighted by atomic mass is 10.1. The van der Waals surface area contributed by atoms with E-state index in [2.05, 4.69) is 0 Å². The number of anilines is 1. The summed E-state index contributed by atoms with van der Waals surface area (Å²) in [5, 5.41) is 0. The number of nitrogens with two attached hydrogens (primary N) is 2. The summed E-state index contributed by atoms with van der Waals surface area (Å²) in [5.74, 6) is -0.767. The molecule has 0 heterocycles. The lowest BCUT2D eigenvalue weighted by Gasteiger charge is -2.11. The van der Waals surface area contributed by atoms with Gasteiger partial charge in [0.1, 0.15) is 6.61 Å². The van der Waals surface area contributed by atoms with Gasteiger partial charge in [-0.15, -0.1) is 0 Å². The zero-order valence-corrected chi connectivity index (χ0v) is 11.0. The molecule has 0 fully saturated rings. The molecule has 0 unspecified atom stereocenters. The Bertz CT molecular complexity index is 656. The van der Waals surface area contributed by atoms with Crippen molar-refractivity contribution in [2.75, 3.05) is 5.73 Å². The first-order chi connectivity index (χ1) is 9.49.